The van der Waals surface area contributed by atoms with Crippen LogP contribution in [0.3, 0.4) is 0 Å². The van der Waals surface area contributed by atoms with Gasteiger partial charge < -0.3 is 15.1 Å². The van der Waals surface area contributed by atoms with Gasteiger partial charge in [0.15, 0.2) is 0 Å². The molecule has 0 saturated carbocycles. The number of nitrogens with one attached hydrogen (secondary N) is 1. The fourth-order valence-electron chi connectivity index (χ4n) is 3.34. The summed E-state index contributed by atoms with van der Waals surface area (Å²) >= 11 is 16.0. The van der Waals surface area contributed by atoms with Gasteiger partial charge in [0, 0.05) is 41.8 Å². The molecule has 0 unspecified atom stereocenters. The summed E-state index contributed by atoms with van der Waals surface area (Å²) in [5.41, 5.74) is 1.48. The van der Waals surface area contributed by atoms with E-state index in [1.165, 1.54) is 0 Å². The second-order valence-electron chi connectivity index (χ2n) is 8.27. The normalized spacial score (nSPS) is 14.6. The van der Waals surface area contributed by atoms with Gasteiger partial charge in [0.2, 0.25) is 5.91 Å². The number of amides is 2. The van der Waals surface area contributed by atoms with Crippen molar-refractivity contribution in [1.82, 2.24) is 4.90 Å². The van der Waals surface area contributed by atoms with E-state index in [0.29, 0.717) is 47.5 Å². The molecule has 1 fully saturated rings. The molecule has 2 aromatic rings. The van der Waals surface area contributed by atoms with Crippen LogP contribution in [0, 0.1) is 5.41 Å². The first kappa shape index (κ1) is 22.9. The molecular formula is C22H24BrCl2N3O2. The number of carbonyl (C=O) groups is 2. The Morgan fingerprint density at radius 2 is 1.63 bits per heavy atom. The maximum absolute atomic E-state index is 12.6. The van der Waals surface area contributed by atoms with E-state index in [4.69, 9.17) is 23.2 Å². The molecule has 0 bridgehead atoms. The second kappa shape index (κ2) is 9.16. The van der Waals surface area contributed by atoms with Gasteiger partial charge in [-0.15, -0.1) is 0 Å². The summed E-state index contributed by atoms with van der Waals surface area (Å²) in [4.78, 5) is 29.1. The number of nitrogens with zero attached hydrogens (tertiary/aromatic N) is 2. The maximum atomic E-state index is 12.6. The van der Waals surface area contributed by atoms with Gasteiger partial charge in [-0.05, 0) is 36.4 Å². The van der Waals surface area contributed by atoms with Crippen molar-refractivity contribution < 1.29 is 9.59 Å². The number of benzene rings is 2. The molecule has 160 valence electrons. The van der Waals surface area contributed by atoms with E-state index in [1.807, 2.05) is 37.8 Å². The van der Waals surface area contributed by atoms with Gasteiger partial charge in [-0.25, -0.2) is 0 Å². The lowest BCUT2D eigenvalue weighted by molar-refractivity contribution is -0.139. The van der Waals surface area contributed by atoms with Crippen LogP contribution in [0.1, 0.15) is 31.1 Å². The number of anilines is 2. The van der Waals surface area contributed by atoms with E-state index >= 15 is 0 Å². The monoisotopic (exact) mass is 511 g/mol. The van der Waals surface area contributed by atoms with Gasteiger partial charge in [-0.3, -0.25) is 9.59 Å². The maximum Gasteiger partial charge on any atom is 0.257 e. The Labute approximate surface area is 195 Å². The molecule has 0 aliphatic carbocycles. The molecule has 2 amide bonds. The first-order valence-electron chi connectivity index (χ1n) is 9.66. The van der Waals surface area contributed by atoms with Gasteiger partial charge in [-0.1, -0.05) is 59.9 Å². The van der Waals surface area contributed by atoms with Crippen molar-refractivity contribution in [1.29, 1.82) is 0 Å². The lowest BCUT2D eigenvalue weighted by Gasteiger charge is -2.39. The first-order valence-corrected chi connectivity index (χ1v) is 11.2. The Bertz CT molecular complexity index is 967. The van der Waals surface area contributed by atoms with Crippen molar-refractivity contribution in [2.45, 2.75) is 20.8 Å². The molecule has 1 aliphatic rings. The van der Waals surface area contributed by atoms with Gasteiger partial charge >= 0.3 is 0 Å². The summed E-state index contributed by atoms with van der Waals surface area (Å²) in [5, 5.41) is 3.76. The average Bonchev–Trinajstić information content (AvgIpc) is 2.69. The predicted molar refractivity (Wildman–Crippen MR) is 127 cm³/mol. The van der Waals surface area contributed by atoms with E-state index in [0.717, 1.165) is 10.2 Å². The average molecular weight is 513 g/mol. The summed E-state index contributed by atoms with van der Waals surface area (Å²) in [6.45, 7) is 8.55. The first-order chi connectivity index (χ1) is 14.1. The number of carbonyl (C=O) groups excluding carboxylic acids is 2. The van der Waals surface area contributed by atoms with Crippen LogP contribution in [0.15, 0.2) is 40.9 Å². The highest BCUT2D eigenvalue weighted by molar-refractivity contribution is 9.10. The summed E-state index contributed by atoms with van der Waals surface area (Å²) in [5.74, 6) is -0.142. The molecular weight excluding hydrogens is 489 g/mol. The molecule has 5 nitrogen and oxygen atoms in total. The van der Waals surface area contributed by atoms with Gasteiger partial charge in [0.05, 0.1) is 21.3 Å². The molecule has 8 heteroatoms. The zero-order valence-corrected chi connectivity index (χ0v) is 20.2. The lowest BCUT2D eigenvalue weighted by Crippen LogP contribution is -2.51. The number of halogens is 3. The molecule has 1 N–H and O–H groups in total. The molecule has 0 aromatic heterocycles. The Hall–Kier alpha value is -1.76. The third-order valence-electron chi connectivity index (χ3n) is 4.93. The van der Waals surface area contributed by atoms with Crippen molar-refractivity contribution in [3.63, 3.8) is 0 Å². The Morgan fingerprint density at radius 3 is 2.23 bits per heavy atom. The summed E-state index contributed by atoms with van der Waals surface area (Å²) < 4.78 is 0.773. The Balaban J connectivity index is 1.67. The molecule has 0 radical (unpaired) electrons. The van der Waals surface area contributed by atoms with E-state index in [2.05, 4.69) is 26.1 Å². The molecule has 1 aliphatic heterocycles. The number of hydrogen-bond donors (Lipinski definition) is 1. The van der Waals surface area contributed by atoms with Gasteiger partial charge in [0.25, 0.3) is 5.91 Å². The van der Waals surface area contributed by atoms with Gasteiger partial charge in [0.1, 0.15) is 0 Å². The minimum atomic E-state index is -0.378. The van der Waals surface area contributed by atoms with E-state index in [-0.39, 0.29) is 17.2 Å². The fraction of sp³-hybridized carbons (Fsp3) is 0.364. The number of rotatable bonds is 3. The predicted octanol–water partition coefficient (Wildman–Crippen LogP) is 5.70. The van der Waals surface area contributed by atoms with Crippen LogP contribution in [0.5, 0.6) is 0 Å². The molecule has 1 saturated heterocycles. The minimum Gasteiger partial charge on any atom is -0.367 e. The van der Waals surface area contributed by atoms with Crippen molar-refractivity contribution in [2.75, 3.05) is 36.4 Å². The lowest BCUT2D eigenvalue weighted by atomic mass is 9.94. The molecule has 3 rings (SSSR count). The number of hydrogen-bond acceptors (Lipinski definition) is 3. The summed E-state index contributed by atoms with van der Waals surface area (Å²) in [6, 6.07) is 10.6. The third kappa shape index (κ3) is 5.29. The molecule has 1 heterocycles. The second-order valence-corrected chi connectivity index (χ2v) is 10.0. The van der Waals surface area contributed by atoms with E-state index < -0.39 is 0 Å². The van der Waals surface area contributed by atoms with Crippen molar-refractivity contribution in [3.05, 3.63) is 56.5 Å². The van der Waals surface area contributed by atoms with Crippen LogP contribution in [0.2, 0.25) is 10.0 Å². The smallest absolute Gasteiger partial charge is 0.257 e. The fourth-order valence-corrected chi connectivity index (χ4v) is 4.20. The Morgan fingerprint density at radius 1 is 0.967 bits per heavy atom. The molecule has 2 aromatic carbocycles. The minimum absolute atomic E-state index is 0.164. The Kier molecular flexibility index (Phi) is 7.00. The highest BCUT2D eigenvalue weighted by atomic mass is 79.9. The quantitative estimate of drug-likeness (QED) is 0.573. The van der Waals surface area contributed by atoms with Crippen LogP contribution in [-0.4, -0.2) is 42.9 Å². The van der Waals surface area contributed by atoms with E-state index in [1.54, 1.807) is 24.3 Å². The van der Waals surface area contributed by atoms with Crippen molar-refractivity contribution in [2.24, 2.45) is 5.41 Å². The highest BCUT2D eigenvalue weighted by Gasteiger charge is 2.30. The van der Waals surface area contributed by atoms with Crippen molar-refractivity contribution in [3.8, 4) is 0 Å². The molecule has 30 heavy (non-hydrogen) atoms. The van der Waals surface area contributed by atoms with Crippen LogP contribution in [0.4, 0.5) is 11.4 Å². The standard InChI is InChI=1S/C22H24BrCl2N3O2/c1-22(2,3)21(30)28-10-8-27(9-11-28)19-7-5-15(13-18(19)25)26-20(29)16-12-14(23)4-6-17(16)24/h4-7,12-13H,8-11H2,1-3H3,(H,26,29). The number of piperazine rings is 1. The van der Waals surface area contributed by atoms with Crippen LogP contribution in [0.25, 0.3) is 0 Å². The summed E-state index contributed by atoms with van der Waals surface area (Å²) in [7, 11) is 0. The molecule has 0 atom stereocenters. The topological polar surface area (TPSA) is 52.7 Å². The third-order valence-corrected chi connectivity index (χ3v) is 6.05. The van der Waals surface area contributed by atoms with Gasteiger partial charge in [-0.2, -0.15) is 0 Å². The van der Waals surface area contributed by atoms with Crippen LogP contribution in [-0.2, 0) is 4.79 Å². The molecule has 0 spiro atoms. The highest BCUT2D eigenvalue weighted by Crippen LogP contribution is 2.31. The van der Waals surface area contributed by atoms with Crippen molar-refractivity contribution >= 4 is 62.3 Å². The SMILES string of the molecule is CC(C)(C)C(=O)N1CCN(c2ccc(NC(=O)c3cc(Br)ccc3Cl)cc2Cl)CC1. The van der Waals surface area contributed by atoms with E-state index in [9.17, 15) is 9.59 Å². The van der Waals surface area contributed by atoms with Crippen LogP contribution < -0.4 is 10.2 Å². The largest absolute Gasteiger partial charge is 0.367 e. The zero-order chi connectivity index (χ0) is 22.1. The summed E-state index contributed by atoms with van der Waals surface area (Å²) in [6.07, 6.45) is 0. The zero-order valence-electron chi connectivity index (χ0n) is 17.1. The van der Waals surface area contributed by atoms with Crippen LogP contribution >= 0.6 is 39.1 Å².